The van der Waals surface area contributed by atoms with Crippen LogP contribution in [0.15, 0.2) is 30.4 Å². The third-order valence-electron chi connectivity index (χ3n) is 5.49. The number of hydrogen-bond donors (Lipinski definition) is 1. The molecule has 3 atom stereocenters. The molecule has 2 heterocycles. The summed E-state index contributed by atoms with van der Waals surface area (Å²) in [6.07, 6.45) is 5.43. The standard InChI is InChI=1S/C21H24N2O5/c1-12(2)9-16(23-20(25)14-5-3-4-6-15(14)21(23)26)19(24)22-13-7-8-17-18(10-13)28-11-27-17/h3-4,7-8,10,12,14-16H,5-6,9,11H2,1-2H3,(H,22,24)/t14-,15+,16-/m1/s1. The lowest BCUT2D eigenvalue weighted by atomic mass is 9.85. The Hall–Kier alpha value is -2.83. The molecule has 1 fully saturated rings. The van der Waals surface area contributed by atoms with Crippen LogP contribution in [-0.4, -0.2) is 35.5 Å². The van der Waals surface area contributed by atoms with Gasteiger partial charge < -0.3 is 14.8 Å². The first-order valence-corrected chi connectivity index (χ1v) is 9.68. The fourth-order valence-electron chi connectivity index (χ4n) is 4.11. The molecule has 3 aliphatic rings. The molecule has 0 spiro atoms. The second-order valence-electron chi connectivity index (χ2n) is 7.90. The van der Waals surface area contributed by atoms with Gasteiger partial charge in [0.05, 0.1) is 11.8 Å². The molecule has 7 heteroatoms. The number of anilines is 1. The fourth-order valence-corrected chi connectivity index (χ4v) is 4.11. The van der Waals surface area contributed by atoms with Crippen LogP contribution in [0.3, 0.4) is 0 Å². The predicted octanol–water partition coefficient (Wildman–Crippen LogP) is 2.72. The van der Waals surface area contributed by atoms with Gasteiger partial charge in [-0.25, -0.2) is 0 Å². The maximum atomic E-state index is 13.1. The zero-order valence-corrected chi connectivity index (χ0v) is 16.0. The van der Waals surface area contributed by atoms with Gasteiger partial charge in [-0.3, -0.25) is 19.3 Å². The Morgan fingerprint density at radius 3 is 2.39 bits per heavy atom. The van der Waals surface area contributed by atoms with E-state index in [-0.39, 0.29) is 42.3 Å². The number of hydrogen-bond acceptors (Lipinski definition) is 5. The van der Waals surface area contributed by atoms with Crippen LogP contribution in [0.1, 0.15) is 33.1 Å². The van der Waals surface area contributed by atoms with Crippen molar-refractivity contribution in [2.45, 2.75) is 39.2 Å². The quantitative estimate of drug-likeness (QED) is 0.623. The third kappa shape index (κ3) is 3.25. The molecule has 1 aliphatic carbocycles. The van der Waals surface area contributed by atoms with E-state index in [9.17, 15) is 14.4 Å². The summed E-state index contributed by atoms with van der Waals surface area (Å²) in [4.78, 5) is 40.2. The number of benzene rings is 1. The molecular weight excluding hydrogens is 360 g/mol. The van der Waals surface area contributed by atoms with Gasteiger partial charge in [0.25, 0.3) is 0 Å². The molecule has 148 valence electrons. The number of imide groups is 1. The van der Waals surface area contributed by atoms with Gasteiger partial charge in [0, 0.05) is 11.8 Å². The maximum Gasteiger partial charge on any atom is 0.247 e. The first-order valence-electron chi connectivity index (χ1n) is 9.68. The van der Waals surface area contributed by atoms with Gasteiger partial charge in [-0.05, 0) is 37.3 Å². The van der Waals surface area contributed by atoms with Gasteiger partial charge in [0.1, 0.15) is 6.04 Å². The summed E-state index contributed by atoms with van der Waals surface area (Å²) in [5.41, 5.74) is 0.543. The number of rotatable bonds is 5. The highest BCUT2D eigenvalue weighted by atomic mass is 16.7. The maximum absolute atomic E-state index is 13.1. The third-order valence-corrected chi connectivity index (χ3v) is 5.49. The van der Waals surface area contributed by atoms with E-state index in [1.807, 2.05) is 26.0 Å². The molecule has 1 N–H and O–H groups in total. The lowest BCUT2D eigenvalue weighted by molar-refractivity contribution is -0.147. The highest BCUT2D eigenvalue weighted by Crippen LogP contribution is 2.38. The van der Waals surface area contributed by atoms with Gasteiger partial charge in [0.15, 0.2) is 11.5 Å². The van der Waals surface area contributed by atoms with Crippen molar-refractivity contribution in [3.05, 3.63) is 30.4 Å². The largest absolute Gasteiger partial charge is 0.454 e. The van der Waals surface area contributed by atoms with E-state index in [1.54, 1.807) is 18.2 Å². The van der Waals surface area contributed by atoms with Crippen LogP contribution in [0.25, 0.3) is 0 Å². The van der Waals surface area contributed by atoms with Crippen LogP contribution >= 0.6 is 0 Å². The topological polar surface area (TPSA) is 84.9 Å². The van der Waals surface area contributed by atoms with Crippen LogP contribution in [0.4, 0.5) is 5.69 Å². The number of nitrogens with one attached hydrogen (secondary N) is 1. The molecule has 0 unspecified atom stereocenters. The minimum Gasteiger partial charge on any atom is -0.454 e. The smallest absolute Gasteiger partial charge is 0.247 e. The van der Waals surface area contributed by atoms with Crippen molar-refractivity contribution in [3.63, 3.8) is 0 Å². The van der Waals surface area contributed by atoms with Crippen molar-refractivity contribution in [2.24, 2.45) is 17.8 Å². The number of ether oxygens (including phenoxy) is 2. The zero-order valence-electron chi connectivity index (χ0n) is 16.0. The van der Waals surface area contributed by atoms with Crippen molar-refractivity contribution >= 4 is 23.4 Å². The molecule has 0 saturated carbocycles. The molecule has 4 rings (SSSR count). The van der Waals surface area contributed by atoms with Gasteiger partial charge in [-0.2, -0.15) is 0 Å². The van der Waals surface area contributed by atoms with Gasteiger partial charge in [-0.15, -0.1) is 0 Å². The number of amides is 3. The molecule has 2 aliphatic heterocycles. The number of carbonyl (C=O) groups excluding carboxylic acids is 3. The highest BCUT2D eigenvalue weighted by molar-refractivity contribution is 6.10. The Morgan fingerprint density at radius 2 is 1.75 bits per heavy atom. The highest BCUT2D eigenvalue weighted by Gasteiger charge is 2.51. The van der Waals surface area contributed by atoms with E-state index in [2.05, 4.69) is 5.32 Å². The molecule has 0 bridgehead atoms. The van der Waals surface area contributed by atoms with E-state index in [1.165, 1.54) is 4.90 Å². The van der Waals surface area contributed by atoms with Crippen LogP contribution in [-0.2, 0) is 14.4 Å². The minimum absolute atomic E-state index is 0.147. The van der Waals surface area contributed by atoms with E-state index in [0.29, 0.717) is 36.4 Å². The van der Waals surface area contributed by atoms with Crippen molar-refractivity contribution in [1.29, 1.82) is 0 Å². The fraction of sp³-hybridized carbons (Fsp3) is 0.476. The Labute approximate surface area is 163 Å². The van der Waals surface area contributed by atoms with E-state index >= 15 is 0 Å². The molecule has 1 saturated heterocycles. The Kier molecular flexibility index (Phi) is 4.83. The second-order valence-corrected chi connectivity index (χ2v) is 7.90. The molecule has 1 aromatic carbocycles. The summed E-state index contributed by atoms with van der Waals surface area (Å²) in [5, 5.41) is 2.84. The summed E-state index contributed by atoms with van der Waals surface area (Å²) in [7, 11) is 0. The van der Waals surface area contributed by atoms with Gasteiger partial charge >= 0.3 is 0 Å². The lowest BCUT2D eigenvalue weighted by Crippen LogP contribution is -2.48. The van der Waals surface area contributed by atoms with Crippen LogP contribution in [0.5, 0.6) is 11.5 Å². The van der Waals surface area contributed by atoms with Crippen molar-refractivity contribution in [2.75, 3.05) is 12.1 Å². The molecule has 28 heavy (non-hydrogen) atoms. The molecule has 3 amide bonds. The summed E-state index contributed by atoms with van der Waals surface area (Å²) in [6.45, 7) is 4.09. The lowest BCUT2D eigenvalue weighted by Gasteiger charge is -2.27. The van der Waals surface area contributed by atoms with Crippen LogP contribution in [0, 0.1) is 17.8 Å². The summed E-state index contributed by atoms with van der Waals surface area (Å²) < 4.78 is 10.6. The SMILES string of the molecule is CC(C)C[C@H](C(=O)Nc1ccc2c(c1)OCO2)N1C(=O)[C@H]2CC=CC[C@H]2C1=O. The Bertz CT molecular complexity index is 821. The minimum atomic E-state index is -0.823. The summed E-state index contributed by atoms with van der Waals surface area (Å²) in [6, 6.07) is 4.30. The van der Waals surface area contributed by atoms with E-state index < -0.39 is 6.04 Å². The predicted molar refractivity (Wildman–Crippen MR) is 102 cm³/mol. The van der Waals surface area contributed by atoms with Crippen molar-refractivity contribution in [1.82, 2.24) is 4.90 Å². The molecule has 0 radical (unpaired) electrons. The van der Waals surface area contributed by atoms with Crippen molar-refractivity contribution < 1.29 is 23.9 Å². The number of carbonyl (C=O) groups is 3. The van der Waals surface area contributed by atoms with Gasteiger partial charge in [0.2, 0.25) is 24.5 Å². The van der Waals surface area contributed by atoms with Gasteiger partial charge in [-0.1, -0.05) is 26.0 Å². The van der Waals surface area contributed by atoms with Crippen LogP contribution in [0.2, 0.25) is 0 Å². The average molecular weight is 384 g/mol. The number of nitrogens with zero attached hydrogens (tertiary/aromatic N) is 1. The molecular formula is C21H24N2O5. The number of fused-ring (bicyclic) bond motifs is 2. The summed E-state index contributed by atoms with van der Waals surface area (Å²) >= 11 is 0. The zero-order chi connectivity index (χ0) is 19.8. The van der Waals surface area contributed by atoms with E-state index in [0.717, 1.165) is 0 Å². The monoisotopic (exact) mass is 384 g/mol. The second kappa shape index (κ2) is 7.30. The Morgan fingerprint density at radius 1 is 1.11 bits per heavy atom. The van der Waals surface area contributed by atoms with Crippen molar-refractivity contribution in [3.8, 4) is 11.5 Å². The molecule has 7 nitrogen and oxygen atoms in total. The molecule has 0 aromatic heterocycles. The summed E-state index contributed by atoms with van der Waals surface area (Å²) in [5.74, 6) is -0.177. The first kappa shape index (κ1) is 18.5. The number of allylic oxidation sites excluding steroid dienone is 2. The van der Waals surface area contributed by atoms with E-state index in [4.69, 9.17) is 9.47 Å². The average Bonchev–Trinajstić information content (AvgIpc) is 3.23. The first-order chi connectivity index (χ1) is 13.5. The van der Waals surface area contributed by atoms with Crippen LogP contribution < -0.4 is 14.8 Å². The normalized spacial score (nSPS) is 23.9. The number of likely N-dealkylation sites (tertiary alicyclic amines) is 1. The Balaban J connectivity index is 1.56. The molecule has 1 aromatic rings.